The molecule has 46 heavy (non-hydrogen) atoms. The third-order valence-corrected chi connectivity index (χ3v) is 9.71. The van der Waals surface area contributed by atoms with Crippen LogP contribution in [0.15, 0.2) is 78.5 Å². The molecule has 3 aliphatic heterocycles. The van der Waals surface area contributed by atoms with Gasteiger partial charge in [-0.3, -0.25) is 14.4 Å². The number of hydrogen-bond acceptors (Lipinski definition) is 8. The van der Waals surface area contributed by atoms with E-state index in [1.54, 1.807) is 6.20 Å². The van der Waals surface area contributed by atoms with Crippen LogP contribution in [-0.2, 0) is 9.53 Å². The van der Waals surface area contributed by atoms with E-state index in [0.29, 0.717) is 24.9 Å². The molecule has 0 bridgehead atoms. The summed E-state index contributed by atoms with van der Waals surface area (Å²) >= 11 is 0. The number of allylic oxidation sites excluding steroid dienone is 1. The van der Waals surface area contributed by atoms with E-state index in [0.717, 1.165) is 85.6 Å². The summed E-state index contributed by atoms with van der Waals surface area (Å²) in [5.41, 5.74) is 8.99. The number of hydrogen-bond donors (Lipinski definition) is 1. The Bertz CT molecular complexity index is 1780. The average molecular weight is 618 g/mol. The molecule has 4 aromatic rings. The summed E-state index contributed by atoms with van der Waals surface area (Å²) in [5, 5.41) is 16.0. The number of para-hydroxylation sites is 1. The Hall–Kier alpha value is -4.72. The molecule has 0 aliphatic carbocycles. The highest BCUT2D eigenvalue weighted by atomic mass is 16.5. The first-order valence-corrected chi connectivity index (χ1v) is 16.1. The average Bonchev–Trinajstić information content (AvgIpc) is 3.46. The molecule has 1 amide bonds. The molecule has 236 valence electrons. The van der Waals surface area contributed by atoms with Crippen LogP contribution in [0.4, 0.5) is 5.82 Å². The fourth-order valence-corrected chi connectivity index (χ4v) is 6.88. The fourth-order valence-electron chi connectivity index (χ4n) is 6.88. The molecule has 2 aromatic carbocycles. The molecule has 3 saturated heterocycles. The van der Waals surface area contributed by atoms with Crippen molar-refractivity contribution in [3.63, 3.8) is 0 Å². The number of rotatable bonds is 7. The van der Waals surface area contributed by atoms with E-state index in [9.17, 15) is 10.1 Å². The number of nitriles is 1. The van der Waals surface area contributed by atoms with E-state index in [-0.39, 0.29) is 22.9 Å². The van der Waals surface area contributed by atoms with Crippen molar-refractivity contribution in [2.24, 2.45) is 5.41 Å². The minimum Gasteiger partial charge on any atom is -0.457 e. The molecular formula is C36H39N7O3. The highest BCUT2D eigenvalue weighted by Gasteiger charge is 2.36. The van der Waals surface area contributed by atoms with Crippen LogP contribution in [0.25, 0.3) is 22.2 Å². The van der Waals surface area contributed by atoms with Gasteiger partial charge in [0.2, 0.25) is 0 Å². The second-order valence-electron chi connectivity index (χ2n) is 12.9. The van der Waals surface area contributed by atoms with Gasteiger partial charge >= 0.3 is 0 Å². The van der Waals surface area contributed by atoms with Gasteiger partial charge in [0, 0.05) is 24.8 Å². The number of piperidine rings is 2. The number of benzene rings is 2. The zero-order valence-electron chi connectivity index (χ0n) is 26.1. The van der Waals surface area contributed by atoms with E-state index in [2.05, 4.69) is 22.9 Å². The number of aromatic nitrogens is 3. The molecule has 10 nitrogen and oxygen atoms in total. The van der Waals surface area contributed by atoms with Crippen molar-refractivity contribution in [3.05, 3.63) is 78.5 Å². The molecule has 10 heteroatoms. The molecule has 5 heterocycles. The summed E-state index contributed by atoms with van der Waals surface area (Å²) in [6.45, 7) is 6.75. The van der Waals surface area contributed by atoms with Crippen molar-refractivity contribution in [2.45, 2.75) is 44.7 Å². The lowest BCUT2D eigenvalue weighted by Crippen LogP contribution is -2.53. The van der Waals surface area contributed by atoms with E-state index in [1.807, 2.05) is 76.3 Å². The molecule has 0 radical (unpaired) electrons. The molecular weight excluding hydrogens is 578 g/mol. The third-order valence-electron chi connectivity index (χ3n) is 9.71. The number of likely N-dealkylation sites (tertiary alicyclic amines) is 2. The van der Waals surface area contributed by atoms with Gasteiger partial charge in [-0.1, -0.05) is 31.2 Å². The zero-order valence-corrected chi connectivity index (χ0v) is 26.1. The SMILES string of the molecule is CC1(C=C(C#N)C(=O)N2CCC[C@@H](n3nc(-c4ccc(Oc5ccccc5)cc4)c4c(N)nccc43)C2)CCN(C2COC2)CC1. The Morgan fingerprint density at radius 1 is 1.04 bits per heavy atom. The summed E-state index contributed by atoms with van der Waals surface area (Å²) < 4.78 is 13.3. The maximum absolute atomic E-state index is 13.8. The Kier molecular flexibility index (Phi) is 8.20. The first-order chi connectivity index (χ1) is 22.4. The van der Waals surface area contributed by atoms with Gasteiger partial charge in [0.25, 0.3) is 5.91 Å². The number of nitrogens with zero attached hydrogens (tertiary/aromatic N) is 6. The standard InChI is InChI=1S/C36H39N7O3/c1-36(14-18-41(19-15-36)28-23-45-24-28)20-26(21-37)35(44)42-17-5-6-27(22-42)43-31-13-16-39-34(38)32(31)33(40-43)25-9-11-30(12-10-25)46-29-7-3-2-4-8-29/h2-4,7-13,16,20,27-28H,5-6,14-15,17-19,22-24H2,1H3,(H2,38,39)/t27-/m1/s1. The van der Waals surface area contributed by atoms with Gasteiger partial charge < -0.3 is 20.1 Å². The Balaban J connectivity index is 1.11. The van der Waals surface area contributed by atoms with E-state index in [1.165, 1.54) is 0 Å². The number of ether oxygens (including phenoxy) is 2. The van der Waals surface area contributed by atoms with Gasteiger partial charge in [-0.15, -0.1) is 0 Å². The van der Waals surface area contributed by atoms with Crippen molar-refractivity contribution in [1.29, 1.82) is 5.26 Å². The smallest absolute Gasteiger partial charge is 0.264 e. The molecule has 3 fully saturated rings. The van der Waals surface area contributed by atoms with Crippen LogP contribution in [0.3, 0.4) is 0 Å². The lowest BCUT2D eigenvalue weighted by Gasteiger charge is -2.44. The van der Waals surface area contributed by atoms with Gasteiger partial charge in [-0.25, -0.2) is 4.98 Å². The van der Waals surface area contributed by atoms with Crippen LogP contribution in [0, 0.1) is 16.7 Å². The maximum atomic E-state index is 13.8. The number of anilines is 1. The summed E-state index contributed by atoms with van der Waals surface area (Å²) in [6, 6.07) is 22.1. The number of carbonyl (C=O) groups is 1. The van der Waals surface area contributed by atoms with Crippen LogP contribution in [0.1, 0.15) is 38.6 Å². The molecule has 0 unspecified atom stereocenters. The lowest BCUT2D eigenvalue weighted by atomic mass is 9.78. The van der Waals surface area contributed by atoms with Crippen LogP contribution in [-0.4, -0.2) is 75.9 Å². The maximum Gasteiger partial charge on any atom is 0.264 e. The van der Waals surface area contributed by atoms with Gasteiger partial charge in [0.15, 0.2) is 0 Å². The Morgan fingerprint density at radius 3 is 2.48 bits per heavy atom. The van der Waals surface area contributed by atoms with Crippen molar-refractivity contribution >= 4 is 22.6 Å². The van der Waals surface area contributed by atoms with Crippen LogP contribution >= 0.6 is 0 Å². The van der Waals surface area contributed by atoms with Gasteiger partial charge in [-0.05, 0) is 86.7 Å². The molecule has 1 atom stereocenters. The summed E-state index contributed by atoms with van der Waals surface area (Å²) in [7, 11) is 0. The van der Waals surface area contributed by atoms with Gasteiger partial charge in [0.1, 0.15) is 34.7 Å². The summed E-state index contributed by atoms with van der Waals surface area (Å²) in [4.78, 5) is 22.5. The normalized spacial score (nSPS) is 20.7. The number of fused-ring (bicyclic) bond motifs is 1. The summed E-state index contributed by atoms with van der Waals surface area (Å²) in [5.74, 6) is 1.70. The number of pyridine rings is 1. The van der Waals surface area contributed by atoms with Crippen LogP contribution < -0.4 is 10.5 Å². The van der Waals surface area contributed by atoms with Crippen molar-refractivity contribution < 1.29 is 14.3 Å². The second kappa shape index (κ2) is 12.6. The highest BCUT2D eigenvalue weighted by molar-refractivity contribution is 6.00. The first-order valence-electron chi connectivity index (χ1n) is 16.1. The van der Waals surface area contributed by atoms with E-state index in [4.69, 9.17) is 20.3 Å². The van der Waals surface area contributed by atoms with Crippen molar-refractivity contribution in [1.82, 2.24) is 24.6 Å². The monoisotopic (exact) mass is 617 g/mol. The zero-order chi connectivity index (χ0) is 31.7. The Morgan fingerprint density at radius 2 is 1.78 bits per heavy atom. The molecule has 2 aromatic heterocycles. The molecule has 3 aliphatic rings. The number of carbonyl (C=O) groups excluding carboxylic acids is 1. The highest BCUT2D eigenvalue weighted by Crippen LogP contribution is 2.37. The van der Waals surface area contributed by atoms with Gasteiger partial charge in [-0.2, -0.15) is 10.4 Å². The molecule has 0 saturated carbocycles. The second-order valence-corrected chi connectivity index (χ2v) is 12.9. The van der Waals surface area contributed by atoms with Crippen LogP contribution in [0.5, 0.6) is 11.5 Å². The molecule has 7 rings (SSSR count). The third kappa shape index (κ3) is 5.96. The number of amides is 1. The van der Waals surface area contributed by atoms with E-state index >= 15 is 0 Å². The lowest BCUT2D eigenvalue weighted by molar-refractivity contribution is -0.128. The fraction of sp³-hybridized carbons (Fsp3) is 0.389. The topological polar surface area (TPSA) is 123 Å². The van der Waals surface area contributed by atoms with Crippen LogP contribution in [0.2, 0.25) is 0 Å². The Labute approximate surface area is 269 Å². The predicted octanol–water partition coefficient (Wildman–Crippen LogP) is 5.59. The van der Waals surface area contributed by atoms with Crippen molar-refractivity contribution in [2.75, 3.05) is 45.1 Å². The number of nitrogens with two attached hydrogens (primary N) is 1. The first kappa shape index (κ1) is 30.0. The van der Waals surface area contributed by atoms with E-state index < -0.39 is 0 Å². The molecule has 0 spiro atoms. The number of nitrogen functional groups attached to an aromatic ring is 1. The largest absolute Gasteiger partial charge is 0.457 e. The minimum absolute atomic E-state index is 0.0695. The minimum atomic E-state index is -0.199. The molecule has 2 N–H and O–H groups in total. The van der Waals surface area contributed by atoms with Gasteiger partial charge in [0.05, 0.1) is 36.2 Å². The summed E-state index contributed by atoms with van der Waals surface area (Å²) in [6.07, 6.45) is 7.14. The predicted molar refractivity (Wildman–Crippen MR) is 176 cm³/mol. The van der Waals surface area contributed by atoms with Crippen molar-refractivity contribution in [3.8, 4) is 28.8 Å². The quantitative estimate of drug-likeness (QED) is 0.211.